The number of imide groups is 1. The Kier molecular flexibility index (Phi) is 2.87. The quantitative estimate of drug-likeness (QED) is 0.321. The Morgan fingerprint density at radius 2 is 1.65 bits per heavy atom. The minimum Gasteiger partial charge on any atom is -0.272 e. The Labute approximate surface area is 147 Å². The van der Waals surface area contributed by atoms with Gasteiger partial charge in [0.25, 0.3) is 11.8 Å². The van der Waals surface area contributed by atoms with Crippen LogP contribution in [-0.2, 0) is 9.59 Å². The minimum absolute atomic E-state index is 0.105. The second kappa shape index (κ2) is 4.75. The van der Waals surface area contributed by atoms with Crippen LogP contribution in [0.2, 0.25) is 0 Å². The van der Waals surface area contributed by atoms with Gasteiger partial charge in [-0.15, -0.1) is 0 Å². The Balaban J connectivity index is 1.47. The SMILES string of the molecule is O=C1[C@@H]2[C@H]3C=C[C@@H]([C@@H]4C[C@@H]34)[C@@H]2C(=O)N1N=Cc1ccccc1I. The highest BCUT2D eigenvalue weighted by Gasteiger charge is 2.67. The van der Waals surface area contributed by atoms with E-state index in [0.717, 1.165) is 14.1 Å². The van der Waals surface area contributed by atoms with E-state index in [-0.39, 0.29) is 35.5 Å². The predicted octanol–water partition coefficient (Wildman–Crippen LogP) is 2.68. The first kappa shape index (κ1) is 13.9. The highest BCUT2D eigenvalue weighted by Crippen LogP contribution is 2.65. The second-order valence-corrected chi connectivity index (χ2v) is 8.07. The summed E-state index contributed by atoms with van der Waals surface area (Å²) in [6.07, 6.45) is 7.17. The van der Waals surface area contributed by atoms with Crippen molar-refractivity contribution in [2.45, 2.75) is 6.42 Å². The van der Waals surface area contributed by atoms with Crippen molar-refractivity contribution in [1.82, 2.24) is 5.01 Å². The summed E-state index contributed by atoms with van der Waals surface area (Å²) in [5.41, 5.74) is 0.924. The van der Waals surface area contributed by atoms with Gasteiger partial charge < -0.3 is 0 Å². The van der Waals surface area contributed by atoms with Gasteiger partial charge in [0.15, 0.2) is 0 Å². The lowest BCUT2D eigenvalue weighted by molar-refractivity contribution is -0.140. The van der Waals surface area contributed by atoms with Gasteiger partial charge in [-0.1, -0.05) is 30.4 Å². The summed E-state index contributed by atoms with van der Waals surface area (Å²) in [5.74, 6) is 1.20. The van der Waals surface area contributed by atoms with Crippen LogP contribution in [0.5, 0.6) is 0 Å². The Morgan fingerprint density at radius 3 is 2.26 bits per heavy atom. The standard InChI is InChI=1S/C18H15IN2O2/c19-14-4-2-1-3-9(14)8-20-21-17(22)15-10-5-6-11(13-7-12(10)13)16(15)18(21)23/h1-6,8,10-13,15-16H,7H2/t10-,11-,12-,13-,15-,16+/m0/s1. The maximum atomic E-state index is 12.8. The van der Waals surface area contributed by atoms with E-state index < -0.39 is 0 Å². The second-order valence-electron chi connectivity index (χ2n) is 6.91. The van der Waals surface area contributed by atoms with Gasteiger partial charge in [-0.05, 0) is 58.7 Å². The van der Waals surface area contributed by atoms with E-state index in [9.17, 15) is 9.59 Å². The smallest absolute Gasteiger partial charge is 0.254 e. The van der Waals surface area contributed by atoms with Gasteiger partial charge in [0, 0.05) is 9.13 Å². The number of benzene rings is 1. The number of carbonyl (C=O) groups excluding carboxylic acids is 2. The topological polar surface area (TPSA) is 49.7 Å². The predicted molar refractivity (Wildman–Crippen MR) is 93.3 cm³/mol. The van der Waals surface area contributed by atoms with E-state index in [1.165, 1.54) is 6.42 Å². The molecule has 4 nitrogen and oxygen atoms in total. The average Bonchev–Trinajstić information content (AvgIpc) is 3.33. The first-order valence-electron chi connectivity index (χ1n) is 8.01. The van der Waals surface area contributed by atoms with E-state index in [1.807, 2.05) is 24.3 Å². The van der Waals surface area contributed by atoms with E-state index in [2.05, 4.69) is 39.8 Å². The molecular weight excluding hydrogens is 403 g/mol. The van der Waals surface area contributed by atoms with Crippen molar-refractivity contribution < 1.29 is 9.59 Å². The zero-order chi connectivity index (χ0) is 15.7. The summed E-state index contributed by atoms with van der Waals surface area (Å²) < 4.78 is 1.05. The molecule has 6 rings (SSSR count). The molecule has 5 heteroatoms. The molecule has 2 bridgehead atoms. The number of halogens is 1. The zero-order valence-corrected chi connectivity index (χ0v) is 14.5. The molecule has 1 aromatic carbocycles. The lowest BCUT2D eigenvalue weighted by Gasteiger charge is -2.37. The molecule has 0 radical (unpaired) electrons. The molecule has 1 saturated heterocycles. The van der Waals surface area contributed by atoms with E-state index >= 15 is 0 Å². The summed E-state index contributed by atoms with van der Waals surface area (Å²) in [4.78, 5) is 25.5. The van der Waals surface area contributed by atoms with Crippen LogP contribution < -0.4 is 0 Å². The zero-order valence-electron chi connectivity index (χ0n) is 12.3. The van der Waals surface area contributed by atoms with Crippen molar-refractivity contribution >= 4 is 40.6 Å². The van der Waals surface area contributed by atoms with Crippen LogP contribution in [0.15, 0.2) is 41.5 Å². The minimum atomic E-state index is -0.173. The summed E-state index contributed by atoms with van der Waals surface area (Å²) in [7, 11) is 0. The normalized spacial score (nSPS) is 40.0. The number of nitrogens with zero attached hydrogens (tertiary/aromatic N) is 2. The molecule has 1 aromatic rings. The van der Waals surface area contributed by atoms with Gasteiger partial charge in [0.05, 0.1) is 18.1 Å². The van der Waals surface area contributed by atoms with Gasteiger partial charge in [0.1, 0.15) is 0 Å². The molecule has 1 heterocycles. The molecule has 4 aliphatic carbocycles. The summed E-state index contributed by atoms with van der Waals surface area (Å²) in [5, 5.41) is 5.39. The van der Waals surface area contributed by atoms with Crippen molar-refractivity contribution in [1.29, 1.82) is 0 Å². The van der Waals surface area contributed by atoms with Crippen molar-refractivity contribution in [3.63, 3.8) is 0 Å². The van der Waals surface area contributed by atoms with Gasteiger partial charge in [0.2, 0.25) is 0 Å². The van der Waals surface area contributed by atoms with Crippen LogP contribution in [0.25, 0.3) is 0 Å². The molecule has 0 unspecified atom stereocenters. The molecule has 23 heavy (non-hydrogen) atoms. The lowest BCUT2D eigenvalue weighted by Crippen LogP contribution is -2.40. The summed E-state index contributed by atoms with van der Waals surface area (Å²) >= 11 is 2.23. The fourth-order valence-corrected chi connectivity index (χ4v) is 5.28. The molecule has 5 aliphatic rings. The third-order valence-corrected chi connectivity index (χ3v) is 6.84. The number of hydrogen-bond donors (Lipinski definition) is 0. The first-order chi connectivity index (χ1) is 11.2. The number of hydrazone groups is 1. The van der Waals surface area contributed by atoms with Crippen molar-refractivity contribution in [2.75, 3.05) is 0 Å². The third-order valence-electron chi connectivity index (χ3n) is 5.86. The molecule has 0 N–H and O–H groups in total. The van der Waals surface area contributed by atoms with E-state index in [1.54, 1.807) is 6.21 Å². The molecule has 6 atom stereocenters. The van der Waals surface area contributed by atoms with Gasteiger partial charge in [-0.3, -0.25) is 9.59 Å². The molecule has 3 fully saturated rings. The van der Waals surface area contributed by atoms with Crippen molar-refractivity contribution in [2.24, 2.45) is 40.6 Å². The highest BCUT2D eigenvalue weighted by atomic mass is 127. The molecule has 116 valence electrons. The number of carbonyl (C=O) groups is 2. The molecule has 2 amide bonds. The van der Waals surface area contributed by atoms with Gasteiger partial charge >= 0.3 is 0 Å². The molecule has 2 saturated carbocycles. The van der Waals surface area contributed by atoms with Crippen LogP contribution in [0.3, 0.4) is 0 Å². The Hall–Kier alpha value is -1.50. The molecular formula is C18H15IN2O2. The van der Waals surface area contributed by atoms with Gasteiger partial charge in [-0.25, -0.2) is 0 Å². The van der Waals surface area contributed by atoms with E-state index in [0.29, 0.717) is 11.8 Å². The lowest BCUT2D eigenvalue weighted by atomic mass is 9.63. The third kappa shape index (κ3) is 1.86. The molecule has 0 aromatic heterocycles. The Morgan fingerprint density at radius 1 is 1.04 bits per heavy atom. The van der Waals surface area contributed by atoms with Crippen LogP contribution in [0, 0.1) is 39.1 Å². The maximum absolute atomic E-state index is 12.8. The van der Waals surface area contributed by atoms with Crippen LogP contribution in [-0.4, -0.2) is 23.0 Å². The number of rotatable bonds is 2. The van der Waals surface area contributed by atoms with Gasteiger partial charge in [-0.2, -0.15) is 10.1 Å². The monoisotopic (exact) mass is 418 g/mol. The number of amides is 2. The fourth-order valence-electron chi connectivity index (χ4n) is 4.75. The maximum Gasteiger partial charge on any atom is 0.254 e. The first-order valence-corrected chi connectivity index (χ1v) is 9.09. The Bertz CT molecular complexity index is 751. The van der Waals surface area contributed by atoms with Crippen LogP contribution in [0.4, 0.5) is 0 Å². The van der Waals surface area contributed by atoms with E-state index in [4.69, 9.17) is 0 Å². The largest absolute Gasteiger partial charge is 0.272 e. The average molecular weight is 418 g/mol. The summed E-state index contributed by atoms with van der Waals surface area (Å²) in [6.45, 7) is 0. The summed E-state index contributed by atoms with van der Waals surface area (Å²) in [6, 6.07) is 7.79. The van der Waals surface area contributed by atoms with Crippen molar-refractivity contribution in [3.05, 3.63) is 45.6 Å². The number of allylic oxidation sites excluding steroid dienone is 2. The van der Waals surface area contributed by atoms with Crippen molar-refractivity contribution in [3.8, 4) is 0 Å². The van der Waals surface area contributed by atoms with Crippen LogP contribution >= 0.6 is 22.6 Å². The number of hydrogen-bond acceptors (Lipinski definition) is 3. The molecule has 1 aliphatic heterocycles. The molecule has 0 spiro atoms. The van der Waals surface area contributed by atoms with Crippen LogP contribution in [0.1, 0.15) is 12.0 Å². The highest BCUT2D eigenvalue weighted by molar-refractivity contribution is 14.1. The fraction of sp³-hybridized carbons (Fsp3) is 0.389.